The van der Waals surface area contributed by atoms with E-state index >= 15 is 0 Å². The number of hydrogen-bond acceptors (Lipinski definition) is 5. The highest BCUT2D eigenvalue weighted by Gasteiger charge is 2.20. The molecule has 1 heterocycles. The van der Waals surface area contributed by atoms with Crippen molar-refractivity contribution in [2.75, 3.05) is 26.9 Å². The minimum Gasteiger partial charge on any atom is -0.493 e. The van der Waals surface area contributed by atoms with Gasteiger partial charge in [0.1, 0.15) is 12.4 Å². The van der Waals surface area contributed by atoms with E-state index < -0.39 is 0 Å². The zero-order valence-corrected chi connectivity index (χ0v) is 22.0. The predicted octanol–water partition coefficient (Wildman–Crippen LogP) is 4.48. The molecule has 4 rings (SSSR count). The van der Waals surface area contributed by atoms with Crippen molar-refractivity contribution in [3.63, 3.8) is 0 Å². The predicted molar refractivity (Wildman–Crippen MR) is 147 cm³/mol. The standard InChI is InChI=1S/C30H33N3O5/c1-4-33-21(2)29(30(35)31-16-17-37-27-13-9-8-12-26(27)36-3)24-18-23(14-15-25(24)33)38-20-28(34)32-19-22-10-6-5-7-11-22/h5-15,18H,4,16-17,19-20H2,1-3H3,(H,31,35)(H,32,34). The number of hydrogen-bond donors (Lipinski definition) is 2. The first-order chi connectivity index (χ1) is 18.5. The fourth-order valence-electron chi connectivity index (χ4n) is 4.39. The van der Waals surface area contributed by atoms with Crippen molar-refractivity contribution in [1.82, 2.24) is 15.2 Å². The van der Waals surface area contributed by atoms with Crippen LogP contribution in [0.2, 0.25) is 0 Å². The first-order valence-electron chi connectivity index (χ1n) is 12.6. The fourth-order valence-corrected chi connectivity index (χ4v) is 4.39. The number of amides is 2. The monoisotopic (exact) mass is 515 g/mol. The number of nitrogens with one attached hydrogen (secondary N) is 2. The lowest BCUT2D eigenvalue weighted by atomic mass is 10.1. The lowest BCUT2D eigenvalue weighted by molar-refractivity contribution is -0.123. The third-order valence-corrected chi connectivity index (χ3v) is 6.25. The fraction of sp³-hybridized carbons (Fsp3) is 0.267. The van der Waals surface area contributed by atoms with Gasteiger partial charge in [0.25, 0.3) is 11.8 Å². The summed E-state index contributed by atoms with van der Waals surface area (Å²) in [7, 11) is 1.59. The van der Waals surface area contributed by atoms with Crippen molar-refractivity contribution in [1.29, 1.82) is 0 Å². The molecule has 0 radical (unpaired) electrons. The number of rotatable bonds is 12. The van der Waals surface area contributed by atoms with Crippen LogP contribution in [0.3, 0.4) is 0 Å². The van der Waals surface area contributed by atoms with Gasteiger partial charge < -0.3 is 29.4 Å². The Labute approximate surface area is 222 Å². The van der Waals surface area contributed by atoms with Crippen molar-refractivity contribution in [3.8, 4) is 17.2 Å². The summed E-state index contributed by atoms with van der Waals surface area (Å²) >= 11 is 0. The number of methoxy groups -OCH3 is 1. The zero-order chi connectivity index (χ0) is 26.9. The summed E-state index contributed by atoms with van der Waals surface area (Å²) in [4.78, 5) is 25.5. The van der Waals surface area contributed by atoms with Gasteiger partial charge in [-0.15, -0.1) is 0 Å². The molecule has 0 unspecified atom stereocenters. The number of benzene rings is 3. The molecule has 0 atom stereocenters. The molecule has 0 bridgehead atoms. The molecule has 3 aromatic carbocycles. The second-order valence-corrected chi connectivity index (χ2v) is 8.69. The van der Waals surface area contributed by atoms with Gasteiger partial charge in [0.15, 0.2) is 18.1 Å². The molecule has 4 aromatic rings. The number of aryl methyl sites for hydroxylation is 1. The molecule has 0 spiro atoms. The highest BCUT2D eigenvalue weighted by molar-refractivity contribution is 6.08. The van der Waals surface area contributed by atoms with Gasteiger partial charge >= 0.3 is 0 Å². The first-order valence-corrected chi connectivity index (χ1v) is 12.6. The highest BCUT2D eigenvalue weighted by Crippen LogP contribution is 2.30. The Morgan fingerprint density at radius 3 is 2.37 bits per heavy atom. The zero-order valence-electron chi connectivity index (χ0n) is 22.0. The molecule has 0 saturated carbocycles. The Morgan fingerprint density at radius 1 is 0.895 bits per heavy atom. The van der Waals surface area contributed by atoms with Crippen LogP contribution in [0.25, 0.3) is 10.9 Å². The van der Waals surface area contributed by atoms with Gasteiger partial charge in [-0.3, -0.25) is 9.59 Å². The van der Waals surface area contributed by atoms with Crippen molar-refractivity contribution in [2.24, 2.45) is 0 Å². The van der Waals surface area contributed by atoms with Crippen LogP contribution in [0.15, 0.2) is 72.8 Å². The summed E-state index contributed by atoms with van der Waals surface area (Å²) in [5.74, 6) is 1.37. The van der Waals surface area contributed by atoms with E-state index in [1.54, 1.807) is 7.11 Å². The minimum atomic E-state index is -0.218. The van der Waals surface area contributed by atoms with Gasteiger partial charge in [0, 0.05) is 29.7 Å². The summed E-state index contributed by atoms with van der Waals surface area (Å²) in [5, 5.41) is 6.58. The van der Waals surface area contributed by atoms with E-state index in [0.717, 1.165) is 22.2 Å². The Balaban J connectivity index is 1.40. The van der Waals surface area contributed by atoms with Gasteiger partial charge in [-0.05, 0) is 49.7 Å². The van der Waals surface area contributed by atoms with E-state index in [2.05, 4.69) is 15.2 Å². The van der Waals surface area contributed by atoms with Crippen LogP contribution in [-0.2, 0) is 17.9 Å². The summed E-state index contributed by atoms with van der Waals surface area (Å²) in [5.41, 5.74) is 3.39. The number of para-hydroxylation sites is 2. The van der Waals surface area contributed by atoms with Gasteiger partial charge in [-0.2, -0.15) is 0 Å². The molecular weight excluding hydrogens is 482 g/mol. The van der Waals surface area contributed by atoms with Crippen molar-refractivity contribution >= 4 is 22.7 Å². The summed E-state index contributed by atoms with van der Waals surface area (Å²) in [6.45, 7) is 5.63. The number of fused-ring (bicyclic) bond motifs is 1. The molecule has 198 valence electrons. The van der Waals surface area contributed by atoms with E-state index in [-0.39, 0.29) is 18.4 Å². The smallest absolute Gasteiger partial charge is 0.258 e. The van der Waals surface area contributed by atoms with Crippen molar-refractivity contribution < 1.29 is 23.8 Å². The molecule has 8 nitrogen and oxygen atoms in total. The van der Waals surface area contributed by atoms with Gasteiger partial charge in [-0.1, -0.05) is 42.5 Å². The van der Waals surface area contributed by atoms with Crippen LogP contribution in [0, 0.1) is 6.92 Å². The van der Waals surface area contributed by atoms with Crippen LogP contribution in [0.1, 0.15) is 28.5 Å². The SMILES string of the molecule is CCn1c(C)c(C(=O)NCCOc2ccccc2OC)c2cc(OCC(=O)NCc3ccccc3)ccc21. The van der Waals surface area contributed by atoms with Crippen molar-refractivity contribution in [2.45, 2.75) is 26.9 Å². The molecule has 8 heteroatoms. The second-order valence-electron chi connectivity index (χ2n) is 8.69. The maximum absolute atomic E-state index is 13.2. The summed E-state index contributed by atoms with van der Waals surface area (Å²) in [6, 6.07) is 22.6. The van der Waals surface area contributed by atoms with Gasteiger partial charge in [-0.25, -0.2) is 0 Å². The maximum atomic E-state index is 13.2. The largest absolute Gasteiger partial charge is 0.493 e. The van der Waals surface area contributed by atoms with Crippen LogP contribution < -0.4 is 24.8 Å². The molecule has 38 heavy (non-hydrogen) atoms. The van der Waals surface area contributed by atoms with E-state index in [9.17, 15) is 9.59 Å². The normalized spacial score (nSPS) is 10.7. The minimum absolute atomic E-state index is 0.117. The van der Waals surface area contributed by atoms with Crippen LogP contribution in [0.5, 0.6) is 17.2 Å². The van der Waals surface area contributed by atoms with Crippen molar-refractivity contribution in [3.05, 3.63) is 89.6 Å². The van der Waals surface area contributed by atoms with E-state index in [1.165, 1.54) is 0 Å². The second kappa shape index (κ2) is 12.7. The van der Waals surface area contributed by atoms with Crippen LogP contribution in [-0.4, -0.2) is 43.2 Å². The average Bonchev–Trinajstić information content (AvgIpc) is 3.23. The number of nitrogens with zero attached hydrogens (tertiary/aromatic N) is 1. The third-order valence-electron chi connectivity index (χ3n) is 6.25. The van der Waals surface area contributed by atoms with E-state index in [4.69, 9.17) is 14.2 Å². The Bertz CT molecular complexity index is 1400. The van der Waals surface area contributed by atoms with Gasteiger partial charge in [0.05, 0.1) is 19.2 Å². The van der Waals surface area contributed by atoms with E-state index in [1.807, 2.05) is 86.6 Å². The lowest BCUT2D eigenvalue weighted by Gasteiger charge is -2.11. The van der Waals surface area contributed by atoms with Crippen LogP contribution >= 0.6 is 0 Å². The molecule has 0 aliphatic heterocycles. The molecule has 1 aromatic heterocycles. The Morgan fingerprint density at radius 2 is 1.63 bits per heavy atom. The number of ether oxygens (including phenoxy) is 3. The number of carbonyl (C=O) groups is 2. The molecule has 2 N–H and O–H groups in total. The third kappa shape index (κ3) is 6.26. The Hall–Kier alpha value is -4.46. The van der Waals surface area contributed by atoms with Crippen LogP contribution in [0.4, 0.5) is 0 Å². The molecule has 0 saturated heterocycles. The molecule has 0 aliphatic rings. The molecule has 2 amide bonds. The number of aromatic nitrogens is 1. The van der Waals surface area contributed by atoms with E-state index in [0.29, 0.717) is 49.1 Å². The topological polar surface area (TPSA) is 90.8 Å². The van der Waals surface area contributed by atoms with Gasteiger partial charge in [0.2, 0.25) is 0 Å². The first kappa shape index (κ1) is 26.6. The lowest BCUT2D eigenvalue weighted by Crippen LogP contribution is -2.28. The summed E-state index contributed by atoms with van der Waals surface area (Å²) < 4.78 is 18.9. The summed E-state index contributed by atoms with van der Waals surface area (Å²) in [6.07, 6.45) is 0. The average molecular weight is 516 g/mol. The highest BCUT2D eigenvalue weighted by atomic mass is 16.5. The Kier molecular flexibility index (Phi) is 8.87. The molecular formula is C30H33N3O5. The quantitative estimate of drug-likeness (QED) is 0.272. The molecule has 0 aliphatic carbocycles. The maximum Gasteiger partial charge on any atom is 0.258 e. The molecule has 0 fully saturated rings. The number of carbonyl (C=O) groups excluding carboxylic acids is 2.